The molecular formula is C38H62N6O7S. The van der Waals surface area contributed by atoms with Gasteiger partial charge in [0.1, 0.15) is 12.1 Å². The molecule has 6 aliphatic rings. The Bertz CT molecular complexity index is 1480. The van der Waals surface area contributed by atoms with Gasteiger partial charge in [-0.1, -0.05) is 84.5 Å². The lowest BCUT2D eigenvalue weighted by Gasteiger charge is -2.46. The number of urea groups is 1. The van der Waals surface area contributed by atoms with Crippen molar-refractivity contribution in [1.29, 1.82) is 0 Å². The molecule has 6 fully saturated rings. The molecule has 0 spiro atoms. The van der Waals surface area contributed by atoms with Crippen molar-refractivity contribution < 1.29 is 32.4 Å². The van der Waals surface area contributed by atoms with E-state index in [0.29, 0.717) is 51.7 Å². The summed E-state index contributed by atoms with van der Waals surface area (Å²) < 4.78 is 26.9. The first kappa shape index (κ1) is 39.0. The fourth-order valence-corrected chi connectivity index (χ4v) is 12.1. The first-order chi connectivity index (χ1) is 24.7. The minimum Gasteiger partial charge on any atom is -0.347 e. The number of nitrogens with one attached hydrogen (secondary N) is 4. The Hall–Kier alpha value is -2.74. The first-order valence-electron chi connectivity index (χ1n) is 20.2. The zero-order valence-electron chi connectivity index (χ0n) is 31.6. The van der Waals surface area contributed by atoms with E-state index in [1.807, 2.05) is 11.9 Å². The SMILES string of the molecule is CN1CCS(=O)(=O)[C@@H](C2(NC(=O)N[C@H]3CCCCCCCCCC[C@@H](C(=O)C(=O)NC4CC4)NC(=O)[C@@H]4[C@@H]5[C@H](CN4C3=O)C5(C)C)CCCCC2)C1. The lowest BCUT2D eigenvalue weighted by atomic mass is 9.78. The summed E-state index contributed by atoms with van der Waals surface area (Å²) in [6.45, 7) is 5.36. The van der Waals surface area contributed by atoms with E-state index in [1.54, 1.807) is 4.90 Å². The number of Topliss-reactive ketones (excluding diaryl/α,β-unsaturated/α-hetero) is 1. The van der Waals surface area contributed by atoms with Crippen molar-refractivity contribution in [3.8, 4) is 0 Å². The molecule has 3 aliphatic heterocycles. The van der Waals surface area contributed by atoms with Crippen LogP contribution >= 0.6 is 0 Å². The quantitative estimate of drug-likeness (QED) is 0.301. The average Bonchev–Trinajstić information content (AvgIpc) is 3.95. The van der Waals surface area contributed by atoms with E-state index in [9.17, 15) is 32.4 Å². The summed E-state index contributed by atoms with van der Waals surface area (Å²) in [5, 5.41) is 11.1. The maximum absolute atomic E-state index is 14.6. The van der Waals surface area contributed by atoms with Crippen LogP contribution in [0.15, 0.2) is 0 Å². The van der Waals surface area contributed by atoms with Gasteiger partial charge < -0.3 is 31.1 Å². The van der Waals surface area contributed by atoms with E-state index in [-0.39, 0.29) is 35.0 Å². The summed E-state index contributed by atoms with van der Waals surface area (Å²) in [5.41, 5.74) is -1.10. The Balaban J connectivity index is 1.23. The molecule has 3 aliphatic carbocycles. The molecule has 14 heteroatoms. The number of nitrogens with zero attached hydrogens (tertiary/aromatic N) is 2. The second kappa shape index (κ2) is 15.9. The van der Waals surface area contributed by atoms with Crippen LogP contribution < -0.4 is 21.3 Å². The summed E-state index contributed by atoms with van der Waals surface area (Å²) in [6.07, 6.45) is 13.5. The summed E-state index contributed by atoms with van der Waals surface area (Å²) >= 11 is 0. The van der Waals surface area contributed by atoms with Gasteiger partial charge in [0.2, 0.25) is 17.6 Å². The predicted molar refractivity (Wildman–Crippen MR) is 197 cm³/mol. The molecule has 3 saturated carbocycles. The van der Waals surface area contributed by atoms with Crippen LogP contribution in [0.3, 0.4) is 0 Å². The molecular weight excluding hydrogens is 685 g/mol. The topological polar surface area (TPSA) is 174 Å². The van der Waals surface area contributed by atoms with Crippen LogP contribution in [-0.2, 0) is 29.0 Å². The summed E-state index contributed by atoms with van der Waals surface area (Å²) in [5.74, 6) is -2.03. The summed E-state index contributed by atoms with van der Waals surface area (Å²) in [7, 11) is -1.54. The number of carbonyl (C=O) groups is 5. The molecule has 52 heavy (non-hydrogen) atoms. The van der Waals surface area contributed by atoms with Crippen molar-refractivity contribution in [2.24, 2.45) is 17.3 Å². The van der Waals surface area contributed by atoms with E-state index < -0.39 is 62.4 Å². The Morgan fingerprint density at radius 2 is 1.42 bits per heavy atom. The van der Waals surface area contributed by atoms with Crippen LogP contribution in [0.2, 0.25) is 0 Å². The molecule has 292 valence electrons. The third kappa shape index (κ3) is 8.63. The van der Waals surface area contributed by atoms with E-state index >= 15 is 0 Å². The number of hydrogen-bond acceptors (Lipinski definition) is 8. The number of sulfone groups is 1. The van der Waals surface area contributed by atoms with E-state index in [0.717, 1.165) is 77.0 Å². The van der Waals surface area contributed by atoms with Gasteiger partial charge >= 0.3 is 6.03 Å². The third-order valence-electron chi connectivity index (χ3n) is 13.3. The molecule has 0 aromatic heterocycles. The lowest BCUT2D eigenvalue weighted by molar-refractivity contribution is -0.144. The van der Waals surface area contributed by atoms with Crippen LogP contribution in [0.25, 0.3) is 0 Å². The first-order valence-corrected chi connectivity index (χ1v) is 21.9. The van der Waals surface area contributed by atoms with E-state index in [2.05, 4.69) is 35.1 Å². The van der Waals surface area contributed by atoms with Crippen molar-refractivity contribution >= 4 is 39.4 Å². The maximum atomic E-state index is 14.6. The average molecular weight is 747 g/mol. The number of amides is 5. The van der Waals surface area contributed by atoms with Crippen molar-refractivity contribution in [3.63, 3.8) is 0 Å². The van der Waals surface area contributed by atoms with Gasteiger partial charge in [0.25, 0.3) is 5.91 Å². The minimum absolute atomic E-state index is 0.0151. The molecule has 3 saturated heterocycles. The fourth-order valence-electron chi connectivity index (χ4n) is 9.76. The van der Waals surface area contributed by atoms with Crippen molar-refractivity contribution in [3.05, 3.63) is 0 Å². The van der Waals surface area contributed by atoms with Crippen molar-refractivity contribution in [1.82, 2.24) is 31.1 Å². The fraction of sp³-hybridized carbons (Fsp3) is 0.868. The number of rotatable bonds is 6. The number of piperidine rings is 1. The van der Waals surface area contributed by atoms with Crippen molar-refractivity contribution in [2.75, 3.05) is 32.4 Å². The highest BCUT2D eigenvalue weighted by Gasteiger charge is 2.69. The Kier molecular flexibility index (Phi) is 11.9. The monoisotopic (exact) mass is 746 g/mol. The zero-order chi connectivity index (χ0) is 37.3. The van der Waals surface area contributed by atoms with Crippen LogP contribution in [0.1, 0.15) is 123 Å². The molecule has 6 atom stereocenters. The van der Waals surface area contributed by atoms with Gasteiger partial charge in [-0.05, 0) is 62.8 Å². The normalized spacial score (nSPS) is 34.1. The van der Waals surface area contributed by atoms with Gasteiger partial charge in [0, 0.05) is 25.7 Å². The van der Waals surface area contributed by atoms with Crippen LogP contribution in [0.4, 0.5) is 4.79 Å². The maximum Gasteiger partial charge on any atom is 0.315 e. The number of carbonyl (C=O) groups excluding carboxylic acids is 5. The highest BCUT2D eigenvalue weighted by molar-refractivity contribution is 7.92. The van der Waals surface area contributed by atoms with Gasteiger partial charge in [0.15, 0.2) is 9.84 Å². The molecule has 0 radical (unpaired) electrons. The van der Waals surface area contributed by atoms with Gasteiger partial charge in [-0.2, -0.15) is 0 Å². The third-order valence-corrected chi connectivity index (χ3v) is 15.5. The molecule has 0 aromatic rings. The van der Waals surface area contributed by atoms with Gasteiger partial charge in [-0.25, -0.2) is 13.2 Å². The number of hydrogen-bond donors (Lipinski definition) is 4. The second-order valence-corrected chi connectivity index (χ2v) is 19.8. The van der Waals surface area contributed by atoms with Crippen LogP contribution in [0, 0.1) is 17.3 Å². The smallest absolute Gasteiger partial charge is 0.315 e. The summed E-state index contributed by atoms with van der Waals surface area (Å²) in [4.78, 5) is 72.7. The largest absolute Gasteiger partial charge is 0.347 e. The van der Waals surface area contributed by atoms with Gasteiger partial charge in [0.05, 0.1) is 22.6 Å². The molecule has 0 unspecified atom stereocenters. The number of ketones is 1. The number of fused-ring (bicyclic) bond motifs is 3. The van der Waals surface area contributed by atoms with Gasteiger partial charge in [-0.3, -0.25) is 19.2 Å². The minimum atomic E-state index is -3.45. The van der Waals surface area contributed by atoms with E-state index in [4.69, 9.17) is 0 Å². The second-order valence-electron chi connectivity index (χ2n) is 17.5. The Labute approximate surface area is 309 Å². The highest BCUT2D eigenvalue weighted by Crippen LogP contribution is 2.65. The van der Waals surface area contributed by atoms with E-state index in [1.165, 1.54) is 0 Å². The predicted octanol–water partition coefficient (Wildman–Crippen LogP) is 2.82. The van der Waals surface area contributed by atoms with Crippen LogP contribution in [0.5, 0.6) is 0 Å². The highest BCUT2D eigenvalue weighted by atomic mass is 32.2. The lowest BCUT2D eigenvalue weighted by Crippen LogP contribution is -2.67. The molecule has 0 bridgehead atoms. The van der Waals surface area contributed by atoms with Crippen molar-refractivity contribution in [2.45, 2.75) is 158 Å². The molecule has 5 amide bonds. The Morgan fingerprint density at radius 1 is 0.808 bits per heavy atom. The zero-order valence-corrected chi connectivity index (χ0v) is 32.4. The Morgan fingerprint density at radius 3 is 2.08 bits per heavy atom. The molecule has 0 aromatic carbocycles. The summed E-state index contributed by atoms with van der Waals surface area (Å²) in [6, 6.07) is -3.24. The molecule has 4 N–H and O–H groups in total. The van der Waals surface area contributed by atoms with Crippen LogP contribution in [-0.4, -0.2) is 115 Å². The molecule has 13 nitrogen and oxygen atoms in total. The van der Waals surface area contributed by atoms with Gasteiger partial charge in [-0.15, -0.1) is 0 Å². The molecule has 6 rings (SSSR count). The standard InChI is InChI=1S/C38H62N6O7S/c1-37(2)26-23-44-31(30(26)37)33(46)40-27(32(45)34(47)39-25-17-18-25)15-11-8-6-4-5-7-9-12-16-28(35(44)48)41-36(49)42-38(19-13-10-14-20-38)29-24-43(3)21-22-52(29,50)51/h25-31H,4-24H2,1-3H3,(H,39,47)(H,40,46)(H2,41,42,49)/t26-,27-,28-,29+,30-,31-/m0/s1. The molecule has 3 heterocycles.